The maximum Gasteiger partial charge on any atom is 0.253 e. The molecule has 6 rings (SSSR count). The number of aromatic nitrogens is 3. The van der Waals surface area contributed by atoms with E-state index in [1.165, 1.54) is 6.07 Å². The lowest BCUT2D eigenvalue weighted by Gasteiger charge is -2.37. The van der Waals surface area contributed by atoms with Gasteiger partial charge >= 0.3 is 0 Å². The molecule has 1 unspecified atom stereocenters. The smallest absolute Gasteiger partial charge is 0.253 e. The summed E-state index contributed by atoms with van der Waals surface area (Å²) in [4.78, 5) is 37.1. The van der Waals surface area contributed by atoms with Gasteiger partial charge in [0.2, 0.25) is 11.9 Å². The zero-order chi connectivity index (χ0) is 26.4. The standard InChI is InChI=1S/C28H26FN5O3S/c1-38(37)24-17-34(27-31-15-19(16-32-27)20-4-2-3-5-22(20)29)23-14-18(6-7-21(23)24)25(35)33-12-9-28(10-13-33)8-11-30-26(28)36/h2-7,14-17H,8-13H2,1H3,(H,30,36). The van der Waals surface area contributed by atoms with Crippen molar-refractivity contribution in [2.24, 2.45) is 5.41 Å². The molecule has 2 amide bonds. The zero-order valence-corrected chi connectivity index (χ0v) is 21.6. The fourth-order valence-corrected chi connectivity index (χ4v) is 6.25. The van der Waals surface area contributed by atoms with Crippen LogP contribution in [0.25, 0.3) is 28.0 Å². The van der Waals surface area contributed by atoms with Crippen molar-refractivity contribution < 1.29 is 18.2 Å². The highest BCUT2D eigenvalue weighted by atomic mass is 32.2. The molecular formula is C28H26FN5O3S. The first-order valence-corrected chi connectivity index (χ1v) is 14.1. The van der Waals surface area contributed by atoms with E-state index in [1.807, 2.05) is 0 Å². The molecule has 2 aliphatic heterocycles. The van der Waals surface area contributed by atoms with Crippen LogP contribution in [-0.2, 0) is 15.6 Å². The number of fused-ring (bicyclic) bond motifs is 1. The van der Waals surface area contributed by atoms with Gasteiger partial charge in [0, 0.05) is 66.6 Å². The van der Waals surface area contributed by atoms with E-state index >= 15 is 0 Å². The highest BCUT2D eigenvalue weighted by molar-refractivity contribution is 7.84. The fourth-order valence-electron chi connectivity index (χ4n) is 5.52. The molecule has 0 radical (unpaired) electrons. The summed E-state index contributed by atoms with van der Waals surface area (Å²) in [7, 11) is -1.28. The Balaban J connectivity index is 1.33. The van der Waals surface area contributed by atoms with Gasteiger partial charge in [-0.15, -0.1) is 0 Å². The number of hydrogen-bond acceptors (Lipinski definition) is 5. The van der Waals surface area contributed by atoms with E-state index < -0.39 is 10.8 Å². The molecular weight excluding hydrogens is 505 g/mol. The number of nitrogens with zero attached hydrogens (tertiary/aromatic N) is 4. The summed E-state index contributed by atoms with van der Waals surface area (Å²) < 4.78 is 28.4. The zero-order valence-electron chi connectivity index (χ0n) is 20.8. The Kier molecular flexibility index (Phi) is 6.06. The molecule has 2 saturated heterocycles. The van der Waals surface area contributed by atoms with Gasteiger partial charge in [0.1, 0.15) is 5.82 Å². The maximum absolute atomic E-state index is 14.2. The number of nitrogens with one attached hydrogen (secondary N) is 1. The van der Waals surface area contributed by atoms with Crippen LogP contribution in [0.4, 0.5) is 4.39 Å². The summed E-state index contributed by atoms with van der Waals surface area (Å²) in [6.45, 7) is 1.75. The van der Waals surface area contributed by atoms with E-state index in [2.05, 4.69) is 15.3 Å². The summed E-state index contributed by atoms with van der Waals surface area (Å²) >= 11 is 0. The normalized spacial score (nSPS) is 17.6. The maximum atomic E-state index is 14.2. The molecule has 0 aliphatic carbocycles. The predicted octanol–water partition coefficient (Wildman–Crippen LogP) is 3.71. The van der Waals surface area contributed by atoms with Crippen molar-refractivity contribution in [2.45, 2.75) is 24.2 Å². The third-order valence-corrected chi connectivity index (χ3v) is 8.69. The number of piperidine rings is 1. The van der Waals surface area contributed by atoms with Gasteiger partial charge in [-0.05, 0) is 37.5 Å². The van der Waals surface area contributed by atoms with E-state index in [1.54, 1.807) is 70.7 Å². The SMILES string of the molecule is CS(=O)c1cn(-c2ncc(-c3ccccc3F)cn2)c2cc(C(=O)N3CCC4(CCNC4=O)CC3)ccc12. The van der Waals surface area contributed by atoms with E-state index in [4.69, 9.17) is 0 Å². The summed E-state index contributed by atoms with van der Waals surface area (Å²) in [6.07, 6.45) is 8.55. The minimum absolute atomic E-state index is 0.102. The quantitative estimate of drug-likeness (QED) is 0.433. The topological polar surface area (TPSA) is 97.2 Å². The van der Waals surface area contributed by atoms with Gasteiger partial charge < -0.3 is 10.2 Å². The van der Waals surface area contributed by atoms with Crippen LogP contribution in [0, 0.1) is 11.2 Å². The molecule has 8 nitrogen and oxygen atoms in total. The molecule has 0 saturated carbocycles. The summed E-state index contributed by atoms with van der Waals surface area (Å²) in [5, 5.41) is 3.66. The summed E-state index contributed by atoms with van der Waals surface area (Å²) in [5.74, 6) is -0.0457. The highest BCUT2D eigenvalue weighted by Gasteiger charge is 2.45. The minimum atomic E-state index is -1.28. The molecule has 2 aromatic carbocycles. The molecule has 1 spiro atoms. The summed E-state index contributed by atoms with van der Waals surface area (Å²) in [5.41, 5.74) is 1.75. The molecule has 2 aliphatic rings. The highest BCUT2D eigenvalue weighted by Crippen LogP contribution is 2.38. The number of carbonyl (C=O) groups is 2. The molecule has 1 atom stereocenters. The van der Waals surface area contributed by atoms with E-state index in [0.717, 1.165) is 11.8 Å². The van der Waals surface area contributed by atoms with Crippen LogP contribution in [0.15, 0.2) is 66.0 Å². The van der Waals surface area contributed by atoms with E-state index in [0.29, 0.717) is 65.5 Å². The van der Waals surface area contributed by atoms with Crippen LogP contribution in [0.2, 0.25) is 0 Å². The first-order chi connectivity index (χ1) is 18.4. The van der Waals surface area contributed by atoms with E-state index in [9.17, 15) is 18.2 Å². The second kappa shape index (κ2) is 9.43. The Bertz CT molecular complexity index is 1590. The van der Waals surface area contributed by atoms with Crippen molar-refractivity contribution in [1.82, 2.24) is 24.8 Å². The Hall–Kier alpha value is -3.92. The van der Waals surface area contributed by atoms with Gasteiger partial charge in [-0.2, -0.15) is 0 Å². The van der Waals surface area contributed by atoms with Gasteiger partial charge in [0.25, 0.3) is 5.91 Å². The number of halogens is 1. The van der Waals surface area contributed by atoms with Gasteiger partial charge in [-0.1, -0.05) is 24.3 Å². The molecule has 4 aromatic rings. The van der Waals surface area contributed by atoms with Gasteiger partial charge in [0.05, 0.1) is 26.6 Å². The number of hydrogen-bond donors (Lipinski definition) is 1. The molecule has 2 fully saturated rings. The molecule has 2 aromatic heterocycles. The van der Waals surface area contributed by atoms with Crippen LogP contribution in [-0.4, -0.2) is 61.3 Å². The molecule has 0 bridgehead atoms. The van der Waals surface area contributed by atoms with Gasteiger partial charge in [0.15, 0.2) is 0 Å². The van der Waals surface area contributed by atoms with Gasteiger partial charge in [-0.3, -0.25) is 18.4 Å². The molecule has 194 valence electrons. The number of benzene rings is 2. The van der Waals surface area contributed by atoms with Crippen LogP contribution in [0.3, 0.4) is 0 Å². The van der Waals surface area contributed by atoms with Crippen molar-refractivity contribution in [2.75, 3.05) is 25.9 Å². The molecule has 1 N–H and O–H groups in total. The predicted molar refractivity (Wildman–Crippen MR) is 142 cm³/mol. The lowest BCUT2D eigenvalue weighted by Crippen LogP contribution is -2.46. The summed E-state index contributed by atoms with van der Waals surface area (Å²) in [6, 6.07) is 11.7. The average Bonchev–Trinajstić information content (AvgIpc) is 3.49. The average molecular weight is 532 g/mol. The lowest BCUT2D eigenvalue weighted by molar-refractivity contribution is -0.129. The second-order valence-electron chi connectivity index (χ2n) is 9.88. The Morgan fingerprint density at radius 1 is 1.08 bits per heavy atom. The Labute approximate surface area is 221 Å². The lowest BCUT2D eigenvalue weighted by atomic mass is 9.77. The number of likely N-dealkylation sites (tertiary alicyclic amines) is 1. The number of amides is 2. The first kappa shape index (κ1) is 24.4. The third-order valence-electron chi connectivity index (χ3n) is 7.74. The second-order valence-corrected chi connectivity index (χ2v) is 11.2. The van der Waals surface area contributed by atoms with Crippen molar-refractivity contribution in [3.05, 3.63) is 72.4 Å². The van der Waals surface area contributed by atoms with E-state index in [-0.39, 0.29) is 23.0 Å². The van der Waals surface area contributed by atoms with Crippen molar-refractivity contribution in [3.8, 4) is 17.1 Å². The van der Waals surface area contributed by atoms with Gasteiger partial charge in [-0.25, -0.2) is 14.4 Å². The Morgan fingerprint density at radius 2 is 1.82 bits per heavy atom. The van der Waals surface area contributed by atoms with Crippen molar-refractivity contribution in [3.63, 3.8) is 0 Å². The molecule has 4 heterocycles. The Morgan fingerprint density at radius 3 is 2.47 bits per heavy atom. The fraction of sp³-hybridized carbons (Fsp3) is 0.286. The van der Waals surface area contributed by atoms with Crippen LogP contribution in [0.5, 0.6) is 0 Å². The monoisotopic (exact) mass is 531 g/mol. The van der Waals surface area contributed by atoms with Crippen LogP contribution < -0.4 is 5.32 Å². The first-order valence-electron chi connectivity index (χ1n) is 12.5. The largest absolute Gasteiger partial charge is 0.356 e. The number of carbonyl (C=O) groups excluding carboxylic acids is 2. The van der Waals surface area contributed by atoms with Crippen LogP contribution in [0.1, 0.15) is 29.6 Å². The van der Waals surface area contributed by atoms with Crippen molar-refractivity contribution in [1.29, 1.82) is 0 Å². The third kappa shape index (κ3) is 4.09. The number of rotatable bonds is 4. The molecule has 38 heavy (non-hydrogen) atoms. The molecule has 10 heteroatoms. The van der Waals surface area contributed by atoms with Crippen molar-refractivity contribution >= 4 is 33.5 Å². The minimum Gasteiger partial charge on any atom is -0.356 e. The van der Waals surface area contributed by atoms with Crippen LogP contribution >= 0.6 is 0 Å².